The minimum absolute atomic E-state index is 0.0533. The number of aromatic nitrogens is 2. The Morgan fingerprint density at radius 2 is 2.00 bits per heavy atom. The van der Waals surface area contributed by atoms with Gasteiger partial charge in [-0.15, -0.1) is 0 Å². The molecule has 2 rings (SSSR count). The third-order valence-electron chi connectivity index (χ3n) is 3.58. The molecule has 0 fully saturated rings. The van der Waals surface area contributed by atoms with E-state index in [9.17, 15) is 4.79 Å². The number of likely N-dealkylation sites (N-methyl/N-ethyl adjacent to an activating group) is 1. The number of amides is 1. The average Bonchev–Trinajstić information content (AvgIpc) is 2.49. The van der Waals surface area contributed by atoms with E-state index in [0.29, 0.717) is 6.04 Å². The lowest BCUT2D eigenvalue weighted by Crippen LogP contribution is -2.30. The van der Waals surface area contributed by atoms with Gasteiger partial charge in [0.2, 0.25) is 5.91 Å². The molecule has 1 atom stereocenters. The predicted octanol–water partition coefficient (Wildman–Crippen LogP) is 2.50. The van der Waals surface area contributed by atoms with Gasteiger partial charge >= 0.3 is 0 Å². The van der Waals surface area contributed by atoms with Crippen molar-refractivity contribution >= 4 is 11.6 Å². The van der Waals surface area contributed by atoms with Gasteiger partial charge in [0.25, 0.3) is 0 Å². The Hall–Kier alpha value is -2.27. The minimum atomic E-state index is -0.0533. The van der Waals surface area contributed by atoms with Crippen LogP contribution in [-0.2, 0) is 17.8 Å². The van der Waals surface area contributed by atoms with E-state index < -0.39 is 0 Å². The number of rotatable bonds is 6. The Balaban J connectivity index is 1.90. The largest absolute Gasteiger partial charge is 0.326 e. The van der Waals surface area contributed by atoms with Crippen molar-refractivity contribution < 1.29 is 4.79 Å². The number of benzene rings is 1. The summed E-state index contributed by atoms with van der Waals surface area (Å²) in [5.41, 5.74) is 3.04. The number of anilines is 1. The first-order valence-corrected chi connectivity index (χ1v) is 7.36. The van der Waals surface area contributed by atoms with Crippen LogP contribution < -0.4 is 5.32 Å². The molecule has 1 amide bonds. The van der Waals surface area contributed by atoms with Crippen molar-refractivity contribution in [2.45, 2.75) is 32.9 Å². The van der Waals surface area contributed by atoms with Gasteiger partial charge in [0.15, 0.2) is 0 Å². The minimum Gasteiger partial charge on any atom is -0.326 e. The van der Waals surface area contributed by atoms with Gasteiger partial charge in [0.05, 0.1) is 5.69 Å². The molecule has 0 saturated heterocycles. The Morgan fingerprint density at radius 1 is 1.27 bits per heavy atom. The third-order valence-corrected chi connectivity index (χ3v) is 3.58. The molecule has 0 bridgehead atoms. The number of nitrogens with one attached hydrogen (secondary N) is 1. The van der Waals surface area contributed by atoms with Gasteiger partial charge in [-0.25, -0.2) is 0 Å². The van der Waals surface area contributed by atoms with Crippen molar-refractivity contribution in [2.75, 3.05) is 12.4 Å². The topological polar surface area (TPSA) is 58.1 Å². The van der Waals surface area contributed by atoms with Crippen LogP contribution in [0.25, 0.3) is 0 Å². The maximum Gasteiger partial charge on any atom is 0.221 e. The Morgan fingerprint density at radius 3 is 2.59 bits per heavy atom. The van der Waals surface area contributed by atoms with E-state index in [-0.39, 0.29) is 5.91 Å². The van der Waals surface area contributed by atoms with Crippen LogP contribution in [0.1, 0.15) is 25.1 Å². The summed E-state index contributed by atoms with van der Waals surface area (Å²) < 4.78 is 0. The monoisotopic (exact) mass is 298 g/mol. The highest BCUT2D eigenvalue weighted by Gasteiger charge is 2.11. The molecule has 0 saturated carbocycles. The van der Waals surface area contributed by atoms with Gasteiger partial charge in [0.1, 0.15) is 0 Å². The van der Waals surface area contributed by atoms with Gasteiger partial charge in [-0.05, 0) is 31.7 Å². The standard InChI is InChI=1S/C17H22N4O/c1-13(10-17-11-18-8-9-19-17)21(3)12-15-4-6-16(7-5-15)20-14(2)22/h4-9,11,13H,10,12H2,1-3H3,(H,20,22)/t13-/m0/s1. The van der Waals surface area contributed by atoms with Crippen LogP contribution in [0.5, 0.6) is 0 Å². The van der Waals surface area contributed by atoms with Crippen molar-refractivity contribution in [3.8, 4) is 0 Å². The van der Waals surface area contributed by atoms with E-state index in [0.717, 1.165) is 24.3 Å². The van der Waals surface area contributed by atoms with Gasteiger partial charge in [-0.3, -0.25) is 19.7 Å². The van der Waals surface area contributed by atoms with Crippen LogP contribution in [0, 0.1) is 0 Å². The number of carbonyl (C=O) groups is 1. The number of carbonyl (C=O) groups excluding carboxylic acids is 1. The molecule has 1 N–H and O–H groups in total. The van der Waals surface area contributed by atoms with Crippen molar-refractivity contribution in [1.29, 1.82) is 0 Å². The van der Waals surface area contributed by atoms with Crippen LogP contribution in [0.3, 0.4) is 0 Å². The molecule has 0 aliphatic rings. The molecule has 1 heterocycles. The number of hydrogen-bond donors (Lipinski definition) is 1. The molecule has 1 aromatic carbocycles. The van der Waals surface area contributed by atoms with E-state index in [1.54, 1.807) is 12.4 Å². The molecule has 0 spiro atoms. The molecule has 0 radical (unpaired) electrons. The summed E-state index contributed by atoms with van der Waals surface area (Å²) in [6.45, 7) is 4.54. The normalized spacial score (nSPS) is 12.2. The van der Waals surface area contributed by atoms with Gasteiger partial charge < -0.3 is 5.32 Å². The first-order chi connectivity index (χ1) is 10.5. The van der Waals surface area contributed by atoms with Crippen molar-refractivity contribution in [2.24, 2.45) is 0 Å². The van der Waals surface area contributed by atoms with E-state index >= 15 is 0 Å². The summed E-state index contributed by atoms with van der Waals surface area (Å²) >= 11 is 0. The van der Waals surface area contributed by atoms with Crippen LogP contribution in [0.15, 0.2) is 42.9 Å². The molecule has 2 aromatic rings. The molecular formula is C17H22N4O. The summed E-state index contributed by atoms with van der Waals surface area (Å²) in [5, 5.41) is 2.77. The second-order valence-electron chi connectivity index (χ2n) is 5.54. The lowest BCUT2D eigenvalue weighted by atomic mass is 10.1. The van der Waals surface area contributed by atoms with Crippen LogP contribution >= 0.6 is 0 Å². The molecule has 5 heteroatoms. The van der Waals surface area contributed by atoms with Crippen LogP contribution in [0.2, 0.25) is 0 Å². The van der Waals surface area contributed by atoms with Crippen molar-refractivity contribution in [3.05, 3.63) is 54.1 Å². The molecule has 0 aliphatic carbocycles. The first kappa shape index (κ1) is 16.1. The Bertz CT molecular complexity index is 598. The summed E-state index contributed by atoms with van der Waals surface area (Å²) in [6.07, 6.45) is 6.10. The fraction of sp³-hybridized carbons (Fsp3) is 0.353. The van der Waals surface area contributed by atoms with E-state index in [4.69, 9.17) is 0 Å². The fourth-order valence-corrected chi connectivity index (χ4v) is 2.23. The van der Waals surface area contributed by atoms with Gasteiger partial charge in [-0.2, -0.15) is 0 Å². The zero-order chi connectivity index (χ0) is 15.9. The molecule has 116 valence electrons. The molecule has 22 heavy (non-hydrogen) atoms. The highest BCUT2D eigenvalue weighted by atomic mass is 16.1. The van der Waals surface area contributed by atoms with Crippen molar-refractivity contribution in [1.82, 2.24) is 14.9 Å². The second kappa shape index (κ2) is 7.66. The highest BCUT2D eigenvalue weighted by Crippen LogP contribution is 2.13. The molecule has 0 aliphatic heterocycles. The number of hydrogen-bond acceptors (Lipinski definition) is 4. The lowest BCUT2D eigenvalue weighted by Gasteiger charge is -2.24. The third kappa shape index (κ3) is 4.93. The number of nitrogens with zero attached hydrogens (tertiary/aromatic N) is 3. The maximum absolute atomic E-state index is 11.0. The van der Waals surface area contributed by atoms with Gasteiger partial charge in [0, 0.05) is 50.2 Å². The zero-order valence-corrected chi connectivity index (χ0v) is 13.3. The maximum atomic E-state index is 11.0. The highest BCUT2D eigenvalue weighted by molar-refractivity contribution is 5.88. The van der Waals surface area contributed by atoms with Crippen LogP contribution in [0.4, 0.5) is 5.69 Å². The first-order valence-electron chi connectivity index (χ1n) is 7.36. The summed E-state index contributed by atoms with van der Waals surface area (Å²) in [5.74, 6) is -0.0533. The SMILES string of the molecule is CC(=O)Nc1ccc(CN(C)[C@@H](C)Cc2cnccn2)cc1. The second-order valence-corrected chi connectivity index (χ2v) is 5.54. The van der Waals surface area contributed by atoms with Gasteiger partial charge in [-0.1, -0.05) is 12.1 Å². The van der Waals surface area contributed by atoms with E-state index in [2.05, 4.69) is 34.2 Å². The van der Waals surface area contributed by atoms with E-state index in [1.165, 1.54) is 12.5 Å². The summed E-state index contributed by atoms with van der Waals surface area (Å²) in [6, 6.07) is 8.30. The molecular weight excluding hydrogens is 276 g/mol. The quantitative estimate of drug-likeness (QED) is 0.890. The molecule has 0 unspecified atom stereocenters. The van der Waals surface area contributed by atoms with Crippen LogP contribution in [-0.4, -0.2) is 33.9 Å². The smallest absolute Gasteiger partial charge is 0.221 e. The zero-order valence-electron chi connectivity index (χ0n) is 13.3. The fourth-order valence-electron chi connectivity index (χ4n) is 2.23. The molecule has 5 nitrogen and oxygen atoms in total. The lowest BCUT2D eigenvalue weighted by molar-refractivity contribution is -0.114. The van der Waals surface area contributed by atoms with Crippen molar-refractivity contribution in [3.63, 3.8) is 0 Å². The summed E-state index contributed by atoms with van der Waals surface area (Å²) in [4.78, 5) is 21.7. The Labute approximate surface area is 131 Å². The molecule has 1 aromatic heterocycles. The van der Waals surface area contributed by atoms with E-state index in [1.807, 2.05) is 30.5 Å². The predicted molar refractivity (Wildman–Crippen MR) is 87.4 cm³/mol. The average molecular weight is 298 g/mol. The Kier molecular flexibility index (Phi) is 5.61. The summed E-state index contributed by atoms with van der Waals surface area (Å²) in [7, 11) is 2.10.